The second kappa shape index (κ2) is 7.02. The average Bonchev–Trinajstić information content (AvgIpc) is 2.44. The summed E-state index contributed by atoms with van der Waals surface area (Å²) in [7, 11) is 0. The molecule has 0 saturated heterocycles. The maximum Gasteiger partial charge on any atom is 0.256 e. The lowest BCUT2D eigenvalue weighted by atomic mass is 10.1. The number of carbonyl (C=O) groups excluding carboxylic acids is 1. The maximum atomic E-state index is 12.2. The Bertz CT molecular complexity index is 612. The van der Waals surface area contributed by atoms with Crippen molar-refractivity contribution in [3.8, 4) is 0 Å². The minimum absolute atomic E-state index is 0.122. The van der Waals surface area contributed by atoms with Crippen LogP contribution in [0.5, 0.6) is 0 Å². The first-order valence-electron chi connectivity index (χ1n) is 6.06. The molecule has 5 heteroatoms. The highest BCUT2D eigenvalue weighted by atomic mass is 79.9. The summed E-state index contributed by atoms with van der Waals surface area (Å²) in [5, 5.41) is 11.7. The highest BCUT2D eigenvalue weighted by molar-refractivity contribution is 9.11. The van der Waals surface area contributed by atoms with Crippen LogP contribution in [0.3, 0.4) is 0 Å². The molecule has 0 unspecified atom stereocenters. The van der Waals surface area contributed by atoms with E-state index in [4.69, 9.17) is 5.11 Å². The molecule has 104 valence electrons. The topological polar surface area (TPSA) is 49.3 Å². The van der Waals surface area contributed by atoms with Gasteiger partial charge in [-0.1, -0.05) is 28.1 Å². The molecule has 1 amide bonds. The van der Waals surface area contributed by atoms with Gasteiger partial charge in [0.15, 0.2) is 0 Å². The van der Waals surface area contributed by atoms with Gasteiger partial charge in [-0.25, -0.2) is 0 Å². The number of hydrogen-bond acceptors (Lipinski definition) is 2. The van der Waals surface area contributed by atoms with Crippen molar-refractivity contribution in [1.82, 2.24) is 0 Å². The molecular formula is C15H13Br2NO2. The number of rotatable bonds is 4. The van der Waals surface area contributed by atoms with Crippen LogP contribution < -0.4 is 5.32 Å². The Kier molecular flexibility index (Phi) is 5.34. The summed E-state index contributed by atoms with van der Waals surface area (Å²) in [5.41, 5.74) is 2.33. The van der Waals surface area contributed by atoms with Crippen molar-refractivity contribution in [2.75, 3.05) is 11.9 Å². The summed E-state index contributed by atoms with van der Waals surface area (Å²) >= 11 is 6.72. The number of nitrogens with one attached hydrogen (secondary N) is 1. The number of anilines is 1. The number of halogens is 2. The summed E-state index contributed by atoms with van der Waals surface area (Å²) in [6.07, 6.45) is 0.616. The molecule has 0 atom stereocenters. The van der Waals surface area contributed by atoms with Crippen molar-refractivity contribution in [2.45, 2.75) is 6.42 Å². The van der Waals surface area contributed by atoms with E-state index in [1.54, 1.807) is 6.07 Å². The average molecular weight is 399 g/mol. The first kappa shape index (κ1) is 15.2. The van der Waals surface area contributed by atoms with E-state index < -0.39 is 0 Å². The molecule has 2 rings (SSSR count). The van der Waals surface area contributed by atoms with Gasteiger partial charge in [-0.2, -0.15) is 0 Å². The first-order chi connectivity index (χ1) is 9.60. The van der Waals surface area contributed by atoms with Crippen LogP contribution in [-0.2, 0) is 6.42 Å². The summed E-state index contributed by atoms with van der Waals surface area (Å²) in [6.45, 7) is 0.122. The number of hydrogen-bond donors (Lipinski definition) is 2. The predicted molar refractivity (Wildman–Crippen MR) is 87.0 cm³/mol. The Morgan fingerprint density at radius 1 is 1.10 bits per heavy atom. The molecule has 0 fully saturated rings. The molecule has 0 bridgehead atoms. The van der Waals surface area contributed by atoms with E-state index in [1.165, 1.54) is 0 Å². The zero-order chi connectivity index (χ0) is 14.5. The number of aliphatic hydroxyl groups excluding tert-OH is 1. The Balaban J connectivity index is 2.13. The van der Waals surface area contributed by atoms with Gasteiger partial charge in [0, 0.05) is 21.2 Å². The van der Waals surface area contributed by atoms with E-state index in [-0.39, 0.29) is 12.5 Å². The standard InChI is InChI=1S/C15H13Br2NO2/c16-11-3-6-14(17)13(9-11)15(20)18-12-4-1-10(2-5-12)7-8-19/h1-6,9,19H,7-8H2,(H,18,20). The van der Waals surface area contributed by atoms with Crippen molar-refractivity contribution in [1.29, 1.82) is 0 Å². The molecule has 0 aliphatic rings. The second-order valence-electron chi connectivity index (χ2n) is 4.25. The lowest BCUT2D eigenvalue weighted by Crippen LogP contribution is -2.12. The number of aliphatic hydroxyl groups is 1. The van der Waals surface area contributed by atoms with Crippen molar-refractivity contribution < 1.29 is 9.90 Å². The van der Waals surface area contributed by atoms with E-state index in [1.807, 2.05) is 36.4 Å². The largest absolute Gasteiger partial charge is 0.396 e. The molecule has 0 radical (unpaired) electrons. The smallest absolute Gasteiger partial charge is 0.256 e. The van der Waals surface area contributed by atoms with Gasteiger partial charge in [0.05, 0.1) is 5.56 Å². The van der Waals surface area contributed by atoms with Crippen LogP contribution in [0.1, 0.15) is 15.9 Å². The van der Waals surface area contributed by atoms with Crippen molar-refractivity contribution in [3.63, 3.8) is 0 Å². The Morgan fingerprint density at radius 2 is 1.80 bits per heavy atom. The summed E-state index contributed by atoms with van der Waals surface area (Å²) < 4.78 is 1.60. The third-order valence-electron chi connectivity index (χ3n) is 2.79. The van der Waals surface area contributed by atoms with Crippen LogP contribution in [0.2, 0.25) is 0 Å². The first-order valence-corrected chi connectivity index (χ1v) is 7.65. The normalized spacial score (nSPS) is 10.3. The molecule has 20 heavy (non-hydrogen) atoms. The molecule has 0 aliphatic carbocycles. The molecule has 2 aromatic carbocycles. The highest BCUT2D eigenvalue weighted by Crippen LogP contribution is 2.22. The van der Waals surface area contributed by atoms with Gasteiger partial charge in [0.25, 0.3) is 5.91 Å². The van der Waals surface area contributed by atoms with E-state index >= 15 is 0 Å². The summed E-state index contributed by atoms with van der Waals surface area (Å²) in [4.78, 5) is 12.2. The molecule has 0 heterocycles. The third-order valence-corrected chi connectivity index (χ3v) is 3.97. The number of benzene rings is 2. The van der Waals surface area contributed by atoms with Crippen LogP contribution in [-0.4, -0.2) is 17.6 Å². The van der Waals surface area contributed by atoms with Gasteiger partial charge >= 0.3 is 0 Å². The zero-order valence-electron chi connectivity index (χ0n) is 10.6. The molecular weight excluding hydrogens is 386 g/mol. The third kappa shape index (κ3) is 3.91. The van der Waals surface area contributed by atoms with Crippen LogP contribution >= 0.6 is 31.9 Å². The van der Waals surface area contributed by atoms with Gasteiger partial charge in [-0.15, -0.1) is 0 Å². The van der Waals surface area contributed by atoms with Crippen molar-refractivity contribution in [3.05, 3.63) is 62.5 Å². The second-order valence-corrected chi connectivity index (χ2v) is 6.02. The van der Waals surface area contributed by atoms with Gasteiger partial charge in [-0.05, 0) is 58.2 Å². The van der Waals surface area contributed by atoms with Crippen LogP contribution in [0.15, 0.2) is 51.4 Å². The van der Waals surface area contributed by atoms with Crippen LogP contribution in [0.4, 0.5) is 5.69 Å². The van der Waals surface area contributed by atoms with Crippen molar-refractivity contribution >= 4 is 43.5 Å². The summed E-state index contributed by atoms with van der Waals surface area (Å²) in [6, 6.07) is 12.9. The van der Waals surface area contributed by atoms with Gasteiger partial charge < -0.3 is 10.4 Å². The minimum Gasteiger partial charge on any atom is -0.396 e. The molecule has 0 spiro atoms. The van der Waals surface area contributed by atoms with E-state index in [0.29, 0.717) is 12.0 Å². The van der Waals surface area contributed by atoms with Crippen molar-refractivity contribution in [2.24, 2.45) is 0 Å². The fourth-order valence-corrected chi connectivity index (χ4v) is 2.54. The van der Waals surface area contributed by atoms with Crippen LogP contribution in [0.25, 0.3) is 0 Å². The van der Waals surface area contributed by atoms with E-state index in [0.717, 1.165) is 20.2 Å². The molecule has 0 saturated carbocycles. The Labute approximate surface area is 134 Å². The minimum atomic E-state index is -0.173. The summed E-state index contributed by atoms with van der Waals surface area (Å²) in [5.74, 6) is -0.173. The van der Waals surface area contributed by atoms with Gasteiger partial charge in [0.1, 0.15) is 0 Å². The lowest BCUT2D eigenvalue weighted by Gasteiger charge is -2.08. The Morgan fingerprint density at radius 3 is 2.45 bits per heavy atom. The molecule has 0 aliphatic heterocycles. The number of amides is 1. The molecule has 2 aromatic rings. The predicted octanol–water partition coefficient (Wildman–Crippen LogP) is 4.00. The quantitative estimate of drug-likeness (QED) is 0.817. The number of carbonyl (C=O) groups is 1. The van der Waals surface area contributed by atoms with Gasteiger partial charge in [-0.3, -0.25) is 4.79 Å². The molecule has 2 N–H and O–H groups in total. The molecule has 3 nitrogen and oxygen atoms in total. The zero-order valence-corrected chi connectivity index (χ0v) is 13.7. The van der Waals surface area contributed by atoms with E-state index in [2.05, 4.69) is 37.2 Å². The van der Waals surface area contributed by atoms with Crippen LogP contribution in [0, 0.1) is 0 Å². The maximum absolute atomic E-state index is 12.2. The fourth-order valence-electron chi connectivity index (χ4n) is 1.75. The monoisotopic (exact) mass is 397 g/mol. The lowest BCUT2D eigenvalue weighted by molar-refractivity contribution is 0.102. The van der Waals surface area contributed by atoms with Gasteiger partial charge in [0.2, 0.25) is 0 Å². The fraction of sp³-hybridized carbons (Fsp3) is 0.133. The molecule has 0 aromatic heterocycles. The SMILES string of the molecule is O=C(Nc1ccc(CCO)cc1)c1cc(Br)ccc1Br. The van der Waals surface area contributed by atoms with E-state index in [9.17, 15) is 4.79 Å². The highest BCUT2D eigenvalue weighted by Gasteiger charge is 2.10. The Hall–Kier alpha value is -1.17.